The van der Waals surface area contributed by atoms with E-state index in [4.69, 9.17) is 14.2 Å². The Hall–Kier alpha value is -4.83. The maximum Gasteiger partial charge on any atom is 0.321 e. The number of carbonyl (C=O) groups is 3. The van der Waals surface area contributed by atoms with E-state index < -0.39 is 18.2 Å². The Balaban J connectivity index is 1.09. The third-order valence-corrected chi connectivity index (χ3v) is 15.3. The van der Waals surface area contributed by atoms with Gasteiger partial charge in [0.25, 0.3) is 0 Å². The van der Waals surface area contributed by atoms with E-state index in [-0.39, 0.29) is 36.1 Å². The van der Waals surface area contributed by atoms with Crippen LogP contribution in [0.4, 0.5) is 0 Å². The molecule has 0 spiro atoms. The van der Waals surface area contributed by atoms with Crippen LogP contribution in [0.25, 0.3) is 29.9 Å². The average Bonchev–Trinajstić information content (AvgIpc) is 3.39. The fourth-order valence-corrected chi connectivity index (χ4v) is 11.0. The van der Waals surface area contributed by atoms with Gasteiger partial charge in [0, 0.05) is 74.1 Å². The number of rotatable bonds is 20. The summed E-state index contributed by atoms with van der Waals surface area (Å²) in [6, 6.07) is 0. The van der Waals surface area contributed by atoms with Crippen molar-refractivity contribution >= 4 is 47.6 Å². The summed E-state index contributed by atoms with van der Waals surface area (Å²) in [5, 5.41) is 5.66. The standard InChI is InChI=1S/C55H76N4O6/c1-13-37-33(8)40-26-42-35(10)39(24-25-46(60)64-55-53(65-55)32(7)23-17-22-31(6)21-16-20-30(5)19-15-18-29(3)4)50(58-42)48-49(54(62)63-12)52(61)47-36(11)43(59-51(47)48)28-45-38(14-2)34(9)41(57-45)27-44(37)56-40/h13,26-32,35,39,49,53,55-59H,1,14-25H2,2-12H3/b41-27-,42-26-,45-28-,50-48-/t30-,31-,32?,35+,39+,49-,53-,55+/m1/s1. The number of H-pyrrole nitrogens is 3. The number of allylic oxidation sites excluding steroid dienone is 2. The van der Waals surface area contributed by atoms with Crippen LogP contribution in [-0.2, 0) is 30.2 Å². The number of methoxy groups -OCH3 is 1. The normalized spacial score (nSPS) is 25.2. The molecule has 1 unspecified atom stereocenters. The average molecular weight is 889 g/mol. The van der Waals surface area contributed by atoms with Crippen molar-refractivity contribution in [3.05, 3.63) is 84.8 Å². The highest BCUT2D eigenvalue weighted by Gasteiger charge is 2.49. The van der Waals surface area contributed by atoms with Crippen LogP contribution in [0.5, 0.6) is 0 Å². The Bertz CT molecular complexity index is 2470. The van der Waals surface area contributed by atoms with E-state index in [9.17, 15) is 14.4 Å². The molecule has 0 saturated carbocycles. The summed E-state index contributed by atoms with van der Waals surface area (Å²) in [5.41, 5.74) is 11.2. The largest absolute Gasteiger partial charge is 0.468 e. The van der Waals surface area contributed by atoms with Crippen LogP contribution in [0.3, 0.4) is 0 Å². The number of hydrogen-bond acceptors (Lipinski definition) is 7. The summed E-state index contributed by atoms with van der Waals surface area (Å²) in [6.07, 6.45) is 20.4. The molecule has 8 atom stereocenters. The van der Waals surface area contributed by atoms with Gasteiger partial charge in [0.1, 0.15) is 12.0 Å². The molecule has 7 rings (SSSR count). The molecule has 4 N–H and O–H groups in total. The molecule has 3 aromatic rings. The van der Waals surface area contributed by atoms with Crippen molar-refractivity contribution in [2.75, 3.05) is 7.11 Å². The number of aromatic nitrogens is 3. The zero-order chi connectivity index (χ0) is 46.9. The Morgan fingerprint density at radius 3 is 2.12 bits per heavy atom. The van der Waals surface area contributed by atoms with Crippen LogP contribution < -0.4 is 16.0 Å². The highest BCUT2D eigenvalue weighted by atomic mass is 16.8. The van der Waals surface area contributed by atoms with Gasteiger partial charge in [-0.3, -0.25) is 14.4 Å². The first-order valence-corrected chi connectivity index (χ1v) is 24.7. The number of epoxide rings is 1. The van der Waals surface area contributed by atoms with Crippen LogP contribution in [0, 0.1) is 62.2 Å². The van der Waals surface area contributed by atoms with Crippen LogP contribution in [0.15, 0.2) is 18.0 Å². The lowest BCUT2D eigenvalue weighted by atomic mass is 9.85. The van der Waals surface area contributed by atoms with Crippen LogP contribution in [-0.4, -0.2) is 52.2 Å². The molecule has 352 valence electrons. The first-order valence-electron chi connectivity index (χ1n) is 24.7. The number of Topliss-reactive ketones (excluding diaryl/α,β-unsaturated/α-hetero) is 1. The van der Waals surface area contributed by atoms with E-state index in [1.807, 2.05) is 13.0 Å². The van der Waals surface area contributed by atoms with Crippen molar-refractivity contribution in [2.24, 2.45) is 41.4 Å². The topological polar surface area (TPSA) is 142 Å². The fraction of sp³-hybridized carbons (Fsp3) is 0.582. The number of nitrogens with one attached hydrogen (secondary N) is 4. The SMILES string of the molecule is C=Cc1c2[nH]c(c1C)/C=C1\N/C(=C3\c4[nH]c(c(C)c4C(=O)[C@@H]3C(=O)OC)/C=c3\[nH]/c(c(C)c3CC)=C\2)[C@@H](CCC(=O)O[C@H]2O[C@@H]2C(C)CCC[C@H](C)CCC[C@H](C)CCCC(C)C)[C@@H]1C. The minimum Gasteiger partial charge on any atom is -0.468 e. The van der Waals surface area contributed by atoms with E-state index >= 15 is 0 Å². The van der Waals surface area contributed by atoms with E-state index in [1.165, 1.54) is 57.6 Å². The number of ether oxygens (including phenoxy) is 3. The van der Waals surface area contributed by atoms with Gasteiger partial charge in [-0.25, -0.2) is 0 Å². The minimum atomic E-state index is -1.15. The molecular formula is C55H76N4O6. The molecule has 10 heteroatoms. The minimum absolute atomic E-state index is 0.0801. The quantitative estimate of drug-likeness (QED) is 0.0503. The molecule has 8 bridgehead atoms. The smallest absolute Gasteiger partial charge is 0.321 e. The van der Waals surface area contributed by atoms with Crippen molar-refractivity contribution < 1.29 is 28.6 Å². The summed E-state index contributed by atoms with van der Waals surface area (Å²) >= 11 is 0. The first kappa shape index (κ1) is 48.1. The number of carbonyl (C=O) groups excluding carboxylic acids is 3. The lowest BCUT2D eigenvalue weighted by Gasteiger charge is -2.19. The molecule has 3 aromatic heterocycles. The zero-order valence-corrected chi connectivity index (χ0v) is 41.1. The lowest BCUT2D eigenvalue weighted by Crippen LogP contribution is -2.25. The Kier molecular flexibility index (Phi) is 15.1. The summed E-state index contributed by atoms with van der Waals surface area (Å²) in [6.45, 7) is 26.2. The Labute approximate surface area is 387 Å². The summed E-state index contributed by atoms with van der Waals surface area (Å²) in [5.74, 6) is -0.0893. The molecule has 10 nitrogen and oxygen atoms in total. The van der Waals surface area contributed by atoms with Crippen LogP contribution >= 0.6 is 0 Å². The van der Waals surface area contributed by atoms with E-state index in [0.717, 1.165) is 92.5 Å². The number of fused-ring (bicyclic) bond motifs is 7. The number of ketones is 1. The molecule has 0 aromatic carbocycles. The molecule has 2 saturated heterocycles. The van der Waals surface area contributed by atoms with Gasteiger partial charge in [-0.05, 0) is 104 Å². The third kappa shape index (κ3) is 10.1. The molecular weight excluding hydrogens is 813 g/mol. The number of esters is 2. The number of aromatic amines is 3. The van der Waals surface area contributed by atoms with Gasteiger partial charge in [0.15, 0.2) is 5.78 Å². The van der Waals surface area contributed by atoms with Crippen LogP contribution in [0.2, 0.25) is 0 Å². The van der Waals surface area contributed by atoms with Crippen molar-refractivity contribution in [1.82, 2.24) is 20.3 Å². The van der Waals surface area contributed by atoms with Crippen molar-refractivity contribution in [2.45, 2.75) is 159 Å². The molecule has 0 amide bonds. The highest BCUT2D eigenvalue weighted by Crippen LogP contribution is 2.48. The third-order valence-electron chi connectivity index (χ3n) is 15.3. The maximum atomic E-state index is 14.4. The first-order chi connectivity index (χ1) is 31.1. The number of hydrogen-bond donors (Lipinski definition) is 4. The van der Waals surface area contributed by atoms with E-state index in [0.29, 0.717) is 35.1 Å². The van der Waals surface area contributed by atoms with Gasteiger partial charge in [0.2, 0.25) is 6.29 Å². The van der Waals surface area contributed by atoms with E-state index in [2.05, 4.69) is 107 Å². The van der Waals surface area contributed by atoms with Gasteiger partial charge in [0.05, 0.1) is 12.8 Å². The molecule has 0 radical (unpaired) electrons. The summed E-state index contributed by atoms with van der Waals surface area (Å²) in [7, 11) is 1.32. The van der Waals surface area contributed by atoms with Crippen LogP contribution in [0.1, 0.15) is 180 Å². The second-order valence-corrected chi connectivity index (χ2v) is 20.4. The van der Waals surface area contributed by atoms with Crippen molar-refractivity contribution in [3.8, 4) is 0 Å². The maximum absolute atomic E-state index is 14.4. The molecule has 1 aliphatic carbocycles. The Morgan fingerprint density at radius 1 is 0.831 bits per heavy atom. The van der Waals surface area contributed by atoms with Crippen molar-refractivity contribution in [3.63, 3.8) is 0 Å². The van der Waals surface area contributed by atoms with Gasteiger partial charge in [-0.15, -0.1) is 0 Å². The van der Waals surface area contributed by atoms with Gasteiger partial charge in [-0.1, -0.05) is 112 Å². The molecule has 6 heterocycles. The van der Waals surface area contributed by atoms with Gasteiger partial charge in [-0.2, -0.15) is 0 Å². The predicted octanol–water partition coefficient (Wildman–Crippen LogP) is 10.5. The monoisotopic (exact) mass is 889 g/mol. The molecule has 3 aliphatic heterocycles. The fourth-order valence-electron chi connectivity index (χ4n) is 11.0. The summed E-state index contributed by atoms with van der Waals surface area (Å²) in [4.78, 5) is 52.7. The second kappa shape index (κ2) is 20.4. The molecule has 2 fully saturated rings. The lowest BCUT2D eigenvalue weighted by molar-refractivity contribution is -0.149. The highest BCUT2D eigenvalue weighted by molar-refractivity contribution is 6.24. The summed E-state index contributed by atoms with van der Waals surface area (Å²) < 4.78 is 17.2. The van der Waals surface area contributed by atoms with Gasteiger partial charge >= 0.3 is 11.9 Å². The van der Waals surface area contributed by atoms with E-state index in [1.54, 1.807) is 0 Å². The predicted molar refractivity (Wildman–Crippen MR) is 261 cm³/mol. The van der Waals surface area contributed by atoms with Gasteiger partial charge < -0.3 is 34.5 Å². The zero-order valence-electron chi connectivity index (χ0n) is 41.1. The Morgan fingerprint density at radius 2 is 1.48 bits per heavy atom. The molecule has 65 heavy (non-hydrogen) atoms. The molecule has 4 aliphatic rings. The second-order valence-electron chi connectivity index (χ2n) is 20.4. The van der Waals surface area contributed by atoms with Crippen molar-refractivity contribution in [1.29, 1.82) is 0 Å².